The zero-order valence-corrected chi connectivity index (χ0v) is 12.5. The second-order valence-corrected chi connectivity index (χ2v) is 5.95. The van der Waals surface area contributed by atoms with E-state index in [9.17, 15) is 4.79 Å². The van der Waals surface area contributed by atoms with Gasteiger partial charge in [-0.3, -0.25) is 9.69 Å². The highest BCUT2D eigenvalue weighted by atomic mass is 79.9. The van der Waals surface area contributed by atoms with Gasteiger partial charge in [0, 0.05) is 30.5 Å². The molecule has 4 heteroatoms. The van der Waals surface area contributed by atoms with Crippen molar-refractivity contribution in [2.24, 2.45) is 0 Å². The van der Waals surface area contributed by atoms with Gasteiger partial charge >= 0.3 is 0 Å². The van der Waals surface area contributed by atoms with Crippen molar-refractivity contribution >= 4 is 21.7 Å². The highest BCUT2D eigenvalue weighted by molar-refractivity contribution is 9.10. The predicted molar refractivity (Wildman–Crippen MR) is 76.8 cm³/mol. The van der Waals surface area contributed by atoms with Crippen LogP contribution in [-0.4, -0.2) is 55.4 Å². The lowest BCUT2D eigenvalue weighted by molar-refractivity contribution is -0.125. The summed E-state index contributed by atoms with van der Waals surface area (Å²) in [6.07, 6.45) is 0.516. The number of benzene rings is 1. The predicted octanol–water partition coefficient (Wildman–Crippen LogP) is 1.81. The van der Waals surface area contributed by atoms with Gasteiger partial charge in [0.15, 0.2) is 5.78 Å². The number of ketones is 1. The topological polar surface area (TPSA) is 23.6 Å². The Morgan fingerprint density at radius 1 is 1.39 bits per heavy atom. The molecule has 0 radical (unpaired) electrons. The Labute approximate surface area is 117 Å². The highest BCUT2D eigenvalue weighted by Gasteiger charge is 2.28. The average molecular weight is 311 g/mol. The van der Waals surface area contributed by atoms with Gasteiger partial charge < -0.3 is 4.90 Å². The summed E-state index contributed by atoms with van der Waals surface area (Å²) in [4.78, 5) is 16.7. The van der Waals surface area contributed by atoms with Crippen molar-refractivity contribution in [3.8, 4) is 0 Å². The standard InChI is InChI=1S/C14H19BrN2O/c1-16-6-7-17(2)13(10-16)14(18)9-11-4-3-5-12(15)8-11/h3-5,8,13H,6-7,9-10H2,1-2H3. The summed E-state index contributed by atoms with van der Waals surface area (Å²) in [7, 11) is 4.11. The van der Waals surface area contributed by atoms with Crippen LogP contribution in [0, 0.1) is 0 Å². The zero-order valence-electron chi connectivity index (χ0n) is 10.9. The number of carbonyl (C=O) groups is 1. The van der Waals surface area contributed by atoms with E-state index in [0.717, 1.165) is 29.7 Å². The molecule has 0 amide bonds. The second kappa shape index (κ2) is 5.95. The fraction of sp³-hybridized carbons (Fsp3) is 0.500. The molecule has 1 aliphatic rings. The van der Waals surface area contributed by atoms with E-state index in [-0.39, 0.29) is 6.04 Å². The van der Waals surface area contributed by atoms with Crippen molar-refractivity contribution in [3.63, 3.8) is 0 Å². The Bertz CT molecular complexity index is 436. The maximum absolute atomic E-state index is 12.4. The average Bonchev–Trinajstić information content (AvgIpc) is 2.32. The number of likely N-dealkylation sites (N-methyl/N-ethyl adjacent to an activating group) is 2. The Hall–Kier alpha value is -0.710. The highest BCUT2D eigenvalue weighted by Crippen LogP contribution is 2.15. The molecule has 0 bridgehead atoms. The number of halogens is 1. The third-order valence-electron chi connectivity index (χ3n) is 3.49. The molecule has 1 fully saturated rings. The number of hydrogen-bond donors (Lipinski definition) is 0. The van der Waals surface area contributed by atoms with Crippen LogP contribution in [0.4, 0.5) is 0 Å². The van der Waals surface area contributed by atoms with Gasteiger partial charge in [0.2, 0.25) is 0 Å². The molecule has 0 spiro atoms. The van der Waals surface area contributed by atoms with E-state index in [1.54, 1.807) is 0 Å². The third-order valence-corrected chi connectivity index (χ3v) is 3.98. The minimum absolute atomic E-state index is 0.0303. The first-order valence-electron chi connectivity index (χ1n) is 6.22. The van der Waals surface area contributed by atoms with E-state index in [4.69, 9.17) is 0 Å². The summed E-state index contributed by atoms with van der Waals surface area (Å²) >= 11 is 3.44. The summed E-state index contributed by atoms with van der Waals surface area (Å²) in [5.41, 5.74) is 1.08. The Morgan fingerprint density at radius 2 is 2.17 bits per heavy atom. The lowest BCUT2D eigenvalue weighted by atomic mass is 10.0. The molecule has 0 saturated carbocycles. The van der Waals surface area contributed by atoms with Gasteiger partial charge in [-0.15, -0.1) is 0 Å². The number of nitrogens with zero attached hydrogens (tertiary/aromatic N) is 2. The molecule has 0 aliphatic carbocycles. The fourth-order valence-electron chi connectivity index (χ4n) is 2.32. The van der Waals surface area contributed by atoms with Crippen LogP contribution < -0.4 is 0 Å². The number of Topliss-reactive ketones (excluding diaryl/α,β-unsaturated/α-hetero) is 1. The van der Waals surface area contributed by atoms with Crippen molar-refractivity contribution in [1.29, 1.82) is 0 Å². The number of hydrogen-bond acceptors (Lipinski definition) is 3. The maximum atomic E-state index is 12.4. The summed E-state index contributed by atoms with van der Waals surface area (Å²) in [6.45, 7) is 2.84. The summed E-state index contributed by atoms with van der Waals surface area (Å²) < 4.78 is 1.03. The first-order chi connectivity index (χ1) is 8.56. The van der Waals surface area contributed by atoms with Crippen LogP contribution in [0.3, 0.4) is 0 Å². The minimum Gasteiger partial charge on any atom is -0.303 e. The van der Waals surface area contributed by atoms with Gasteiger partial charge in [-0.25, -0.2) is 0 Å². The molecule has 1 aliphatic heterocycles. The molecule has 1 aromatic rings. The largest absolute Gasteiger partial charge is 0.303 e. The smallest absolute Gasteiger partial charge is 0.155 e. The van der Waals surface area contributed by atoms with Gasteiger partial charge in [-0.1, -0.05) is 28.1 Å². The second-order valence-electron chi connectivity index (χ2n) is 5.03. The molecule has 0 aromatic heterocycles. The van der Waals surface area contributed by atoms with Gasteiger partial charge in [0.05, 0.1) is 6.04 Å². The van der Waals surface area contributed by atoms with Gasteiger partial charge in [0.25, 0.3) is 0 Å². The fourth-order valence-corrected chi connectivity index (χ4v) is 2.77. The normalized spacial score (nSPS) is 22.1. The number of carbonyl (C=O) groups excluding carboxylic acids is 1. The number of rotatable bonds is 3. The molecule has 18 heavy (non-hydrogen) atoms. The van der Waals surface area contributed by atoms with Crippen LogP contribution in [0.1, 0.15) is 5.56 Å². The molecule has 3 nitrogen and oxygen atoms in total. The maximum Gasteiger partial charge on any atom is 0.155 e. The Morgan fingerprint density at radius 3 is 2.89 bits per heavy atom. The van der Waals surface area contributed by atoms with E-state index < -0.39 is 0 Å². The molecule has 2 rings (SSSR count). The minimum atomic E-state index is 0.0303. The van der Waals surface area contributed by atoms with Gasteiger partial charge in [-0.2, -0.15) is 0 Å². The molecule has 1 atom stereocenters. The molecule has 1 heterocycles. The quantitative estimate of drug-likeness (QED) is 0.850. The molecule has 98 valence electrons. The van der Waals surface area contributed by atoms with Gasteiger partial charge in [-0.05, 0) is 31.8 Å². The summed E-state index contributed by atoms with van der Waals surface area (Å²) in [6, 6.07) is 8.01. The van der Waals surface area contributed by atoms with Crippen LogP contribution in [0.2, 0.25) is 0 Å². The van der Waals surface area contributed by atoms with Crippen LogP contribution in [-0.2, 0) is 11.2 Å². The van der Waals surface area contributed by atoms with E-state index in [1.807, 2.05) is 31.3 Å². The van der Waals surface area contributed by atoms with Crippen molar-refractivity contribution in [3.05, 3.63) is 34.3 Å². The van der Waals surface area contributed by atoms with E-state index in [1.165, 1.54) is 0 Å². The van der Waals surface area contributed by atoms with Crippen molar-refractivity contribution < 1.29 is 4.79 Å². The molecule has 0 N–H and O–H groups in total. The first-order valence-corrected chi connectivity index (χ1v) is 7.01. The van der Waals surface area contributed by atoms with Crippen molar-refractivity contribution in [2.75, 3.05) is 33.7 Å². The molecular weight excluding hydrogens is 292 g/mol. The lowest BCUT2D eigenvalue weighted by Crippen LogP contribution is -2.53. The van der Waals surface area contributed by atoms with E-state index >= 15 is 0 Å². The molecular formula is C14H19BrN2O. The van der Waals surface area contributed by atoms with Crippen LogP contribution in [0.5, 0.6) is 0 Å². The van der Waals surface area contributed by atoms with Crippen LogP contribution in [0.15, 0.2) is 28.7 Å². The van der Waals surface area contributed by atoms with Crippen LogP contribution in [0.25, 0.3) is 0 Å². The summed E-state index contributed by atoms with van der Waals surface area (Å²) in [5.74, 6) is 0.308. The number of piperazine rings is 1. The first kappa shape index (κ1) is 13.7. The van der Waals surface area contributed by atoms with Crippen LogP contribution >= 0.6 is 15.9 Å². The molecule has 1 unspecified atom stereocenters. The van der Waals surface area contributed by atoms with Crippen molar-refractivity contribution in [1.82, 2.24) is 9.80 Å². The molecule has 1 saturated heterocycles. The Balaban J connectivity index is 2.02. The van der Waals surface area contributed by atoms with E-state index in [2.05, 4.69) is 32.8 Å². The summed E-state index contributed by atoms with van der Waals surface area (Å²) in [5, 5.41) is 0. The zero-order chi connectivity index (χ0) is 13.1. The van der Waals surface area contributed by atoms with E-state index in [0.29, 0.717) is 12.2 Å². The van der Waals surface area contributed by atoms with Crippen molar-refractivity contribution in [2.45, 2.75) is 12.5 Å². The van der Waals surface area contributed by atoms with Gasteiger partial charge in [0.1, 0.15) is 0 Å². The molecule has 1 aromatic carbocycles. The Kier molecular flexibility index (Phi) is 4.54. The SMILES string of the molecule is CN1CCN(C)C(C(=O)Cc2cccc(Br)c2)C1. The lowest BCUT2D eigenvalue weighted by Gasteiger charge is -2.36. The third kappa shape index (κ3) is 3.40. The monoisotopic (exact) mass is 310 g/mol.